The minimum atomic E-state index is 0.377. The highest BCUT2D eigenvalue weighted by molar-refractivity contribution is 7.80. The molecular formula is C10H16N4S. The Hall–Kier alpha value is -1.20. The Morgan fingerprint density at radius 3 is 2.73 bits per heavy atom. The molecule has 82 valence electrons. The molecule has 0 aliphatic carbocycles. The molecule has 0 amide bonds. The van der Waals surface area contributed by atoms with E-state index >= 15 is 0 Å². The summed E-state index contributed by atoms with van der Waals surface area (Å²) in [7, 11) is 4.07. The Morgan fingerprint density at radius 1 is 1.53 bits per heavy atom. The van der Waals surface area contributed by atoms with E-state index in [1.807, 2.05) is 26.2 Å². The quantitative estimate of drug-likeness (QED) is 0.721. The van der Waals surface area contributed by atoms with E-state index in [9.17, 15) is 0 Å². The SMILES string of the molecule is CN(C)CCNc1ccc(C(N)=S)cn1. The topological polar surface area (TPSA) is 54.2 Å². The minimum Gasteiger partial charge on any atom is -0.389 e. The van der Waals surface area contributed by atoms with Crippen molar-refractivity contribution >= 4 is 23.0 Å². The Morgan fingerprint density at radius 2 is 2.27 bits per heavy atom. The highest BCUT2D eigenvalue weighted by Gasteiger charge is 1.97. The zero-order valence-corrected chi connectivity index (χ0v) is 9.84. The van der Waals surface area contributed by atoms with E-state index < -0.39 is 0 Å². The van der Waals surface area contributed by atoms with Gasteiger partial charge >= 0.3 is 0 Å². The summed E-state index contributed by atoms with van der Waals surface area (Å²) in [5.74, 6) is 0.844. The summed E-state index contributed by atoms with van der Waals surface area (Å²) in [4.78, 5) is 6.68. The van der Waals surface area contributed by atoms with Crippen LogP contribution >= 0.6 is 12.2 Å². The van der Waals surface area contributed by atoms with Gasteiger partial charge in [-0.3, -0.25) is 0 Å². The van der Waals surface area contributed by atoms with Crippen LogP contribution in [-0.2, 0) is 0 Å². The molecule has 0 unspecified atom stereocenters. The molecule has 4 nitrogen and oxygen atoms in total. The zero-order valence-electron chi connectivity index (χ0n) is 9.03. The normalized spacial score (nSPS) is 10.3. The van der Waals surface area contributed by atoms with Crippen molar-refractivity contribution in [1.29, 1.82) is 0 Å². The van der Waals surface area contributed by atoms with Crippen molar-refractivity contribution in [3.8, 4) is 0 Å². The van der Waals surface area contributed by atoms with Gasteiger partial charge in [-0.15, -0.1) is 0 Å². The molecule has 0 aliphatic rings. The lowest BCUT2D eigenvalue weighted by atomic mass is 10.3. The molecule has 1 rings (SSSR count). The van der Waals surface area contributed by atoms with Gasteiger partial charge in [-0.1, -0.05) is 12.2 Å². The second-order valence-electron chi connectivity index (χ2n) is 3.53. The van der Waals surface area contributed by atoms with Crippen molar-refractivity contribution in [2.45, 2.75) is 0 Å². The van der Waals surface area contributed by atoms with Gasteiger partial charge in [-0.2, -0.15) is 0 Å². The molecule has 0 saturated heterocycles. The van der Waals surface area contributed by atoms with Crippen LogP contribution in [0.4, 0.5) is 5.82 Å². The third-order valence-corrected chi connectivity index (χ3v) is 2.15. The molecule has 0 aromatic carbocycles. The lowest BCUT2D eigenvalue weighted by Gasteiger charge is -2.10. The third kappa shape index (κ3) is 4.22. The van der Waals surface area contributed by atoms with Crippen LogP contribution in [0.3, 0.4) is 0 Å². The summed E-state index contributed by atoms with van der Waals surface area (Å²) >= 11 is 4.84. The molecule has 0 bridgehead atoms. The number of hydrogen-bond donors (Lipinski definition) is 2. The van der Waals surface area contributed by atoms with Gasteiger partial charge in [0, 0.05) is 24.8 Å². The maximum Gasteiger partial charge on any atom is 0.125 e. The van der Waals surface area contributed by atoms with Crippen LogP contribution in [0.1, 0.15) is 5.56 Å². The van der Waals surface area contributed by atoms with Crippen LogP contribution in [0.5, 0.6) is 0 Å². The van der Waals surface area contributed by atoms with E-state index in [0.717, 1.165) is 24.5 Å². The molecule has 0 saturated carbocycles. The molecule has 5 heteroatoms. The van der Waals surface area contributed by atoms with Crippen LogP contribution < -0.4 is 11.1 Å². The molecule has 1 heterocycles. The van der Waals surface area contributed by atoms with E-state index in [0.29, 0.717) is 4.99 Å². The van der Waals surface area contributed by atoms with Gasteiger partial charge < -0.3 is 16.0 Å². The Balaban J connectivity index is 2.46. The molecular weight excluding hydrogens is 208 g/mol. The second kappa shape index (κ2) is 5.63. The molecule has 1 aromatic heterocycles. The first-order chi connectivity index (χ1) is 7.09. The van der Waals surface area contributed by atoms with Crippen molar-refractivity contribution in [2.75, 3.05) is 32.5 Å². The average Bonchev–Trinajstić information content (AvgIpc) is 2.18. The number of hydrogen-bond acceptors (Lipinski definition) is 4. The predicted molar refractivity (Wildman–Crippen MR) is 67.2 cm³/mol. The number of nitrogens with two attached hydrogens (primary N) is 1. The van der Waals surface area contributed by atoms with Crippen LogP contribution in [0.15, 0.2) is 18.3 Å². The molecule has 0 atom stereocenters. The first kappa shape index (κ1) is 11.9. The number of nitrogens with zero attached hydrogens (tertiary/aromatic N) is 2. The Labute approximate surface area is 95.5 Å². The largest absolute Gasteiger partial charge is 0.389 e. The highest BCUT2D eigenvalue weighted by Crippen LogP contribution is 2.04. The van der Waals surface area contributed by atoms with Crippen molar-refractivity contribution < 1.29 is 0 Å². The molecule has 0 fully saturated rings. The summed E-state index contributed by atoms with van der Waals surface area (Å²) in [6.07, 6.45) is 1.68. The lowest BCUT2D eigenvalue weighted by Crippen LogP contribution is -2.21. The monoisotopic (exact) mass is 224 g/mol. The summed E-state index contributed by atoms with van der Waals surface area (Å²) in [6, 6.07) is 3.75. The number of likely N-dealkylation sites (N-methyl/N-ethyl adjacent to an activating group) is 1. The number of thiocarbonyl (C=S) groups is 1. The van der Waals surface area contributed by atoms with E-state index in [4.69, 9.17) is 18.0 Å². The standard InChI is InChI=1S/C10H16N4S/c1-14(2)6-5-12-9-4-3-8(7-13-9)10(11)15/h3-4,7H,5-6H2,1-2H3,(H2,11,15)(H,12,13). The van der Waals surface area contributed by atoms with Crippen molar-refractivity contribution in [3.05, 3.63) is 23.9 Å². The number of pyridine rings is 1. The third-order valence-electron chi connectivity index (χ3n) is 1.91. The van der Waals surface area contributed by atoms with E-state index in [-0.39, 0.29) is 0 Å². The first-order valence-electron chi connectivity index (χ1n) is 4.74. The Bertz CT molecular complexity index is 321. The smallest absolute Gasteiger partial charge is 0.125 e. The number of rotatable bonds is 5. The molecule has 3 N–H and O–H groups in total. The molecule has 0 aliphatic heterocycles. The van der Waals surface area contributed by atoms with Crippen molar-refractivity contribution in [1.82, 2.24) is 9.88 Å². The summed E-state index contributed by atoms with van der Waals surface area (Å²) in [5.41, 5.74) is 6.26. The van der Waals surface area contributed by atoms with E-state index in [1.165, 1.54) is 0 Å². The van der Waals surface area contributed by atoms with Gasteiger partial charge in [-0.05, 0) is 26.2 Å². The second-order valence-corrected chi connectivity index (χ2v) is 3.97. The minimum absolute atomic E-state index is 0.377. The van der Waals surface area contributed by atoms with Gasteiger partial charge in [0.1, 0.15) is 10.8 Å². The van der Waals surface area contributed by atoms with Gasteiger partial charge in [0.2, 0.25) is 0 Å². The van der Waals surface area contributed by atoms with Gasteiger partial charge in [0.25, 0.3) is 0 Å². The Kier molecular flexibility index (Phi) is 4.45. The molecule has 0 spiro atoms. The highest BCUT2D eigenvalue weighted by atomic mass is 32.1. The number of nitrogens with one attached hydrogen (secondary N) is 1. The van der Waals surface area contributed by atoms with Crippen LogP contribution in [0, 0.1) is 0 Å². The predicted octanol–water partition coefficient (Wildman–Crippen LogP) is 0.689. The maximum absolute atomic E-state index is 5.47. The first-order valence-corrected chi connectivity index (χ1v) is 5.15. The fraction of sp³-hybridized carbons (Fsp3) is 0.400. The molecule has 15 heavy (non-hydrogen) atoms. The van der Waals surface area contributed by atoms with Crippen molar-refractivity contribution in [3.63, 3.8) is 0 Å². The summed E-state index contributed by atoms with van der Waals surface area (Å²) < 4.78 is 0. The van der Waals surface area contributed by atoms with Crippen molar-refractivity contribution in [2.24, 2.45) is 5.73 Å². The fourth-order valence-corrected chi connectivity index (χ4v) is 1.17. The van der Waals surface area contributed by atoms with Crippen LogP contribution in [0.2, 0.25) is 0 Å². The molecule has 1 aromatic rings. The number of aromatic nitrogens is 1. The van der Waals surface area contributed by atoms with Gasteiger partial charge in [0.15, 0.2) is 0 Å². The van der Waals surface area contributed by atoms with Gasteiger partial charge in [-0.25, -0.2) is 4.98 Å². The molecule has 0 radical (unpaired) electrons. The van der Waals surface area contributed by atoms with Crippen LogP contribution in [0.25, 0.3) is 0 Å². The average molecular weight is 224 g/mol. The maximum atomic E-state index is 5.47. The van der Waals surface area contributed by atoms with E-state index in [1.54, 1.807) is 6.20 Å². The summed E-state index contributed by atoms with van der Waals surface area (Å²) in [6.45, 7) is 1.84. The van der Waals surface area contributed by atoms with Gasteiger partial charge in [0.05, 0.1) is 0 Å². The lowest BCUT2D eigenvalue weighted by molar-refractivity contribution is 0.425. The zero-order chi connectivity index (χ0) is 11.3. The van der Waals surface area contributed by atoms with Crippen LogP contribution in [-0.4, -0.2) is 42.1 Å². The number of anilines is 1. The van der Waals surface area contributed by atoms with E-state index in [2.05, 4.69) is 15.2 Å². The summed E-state index contributed by atoms with van der Waals surface area (Å²) in [5, 5.41) is 3.21. The fourth-order valence-electron chi connectivity index (χ4n) is 1.05.